The molecule has 1 fully saturated rings. The van der Waals surface area contributed by atoms with Crippen LogP contribution in [0.15, 0.2) is 24.4 Å². The third-order valence-electron chi connectivity index (χ3n) is 4.25. The fourth-order valence-electron chi connectivity index (χ4n) is 3.02. The number of carbonyl (C=O) groups is 2. The van der Waals surface area contributed by atoms with E-state index in [9.17, 15) is 14.0 Å². The molecule has 1 aliphatic heterocycles. The molecule has 3 rings (SSSR count). The minimum atomic E-state index is -0.653. The molecule has 2 aromatic rings. The number of rotatable bonds is 2. The first kappa shape index (κ1) is 16.1. The molecule has 0 bridgehead atoms. The summed E-state index contributed by atoms with van der Waals surface area (Å²) >= 11 is 0. The van der Waals surface area contributed by atoms with Gasteiger partial charge in [0.2, 0.25) is 5.91 Å². The molecule has 7 nitrogen and oxygen atoms in total. The zero-order chi connectivity index (χ0) is 17.4. The van der Waals surface area contributed by atoms with Crippen LogP contribution in [0.1, 0.15) is 16.8 Å². The molecule has 0 saturated carbocycles. The van der Waals surface area contributed by atoms with Crippen LogP contribution in [0.5, 0.6) is 0 Å². The zero-order valence-electron chi connectivity index (χ0n) is 13.1. The molecule has 0 aliphatic carbocycles. The average Bonchev–Trinajstić information content (AvgIpc) is 2.96. The highest BCUT2D eigenvalue weighted by Crippen LogP contribution is 2.27. The van der Waals surface area contributed by atoms with Crippen molar-refractivity contribution in [1.29, 1.82) is 0 Å². The number of fused-ring (bicyclic) bond motifs is 1. The number of benzene rings is 1. The second-order valence-electron chi connectivity index (χ2n) is 5.83. The van der Waals surface area contributed by atoms with Gasteiger partial charge in [-0.05, 0) is 24.6 Å². The lowest BCUT2D eigenvalue weighted by molar-refractivity contribution is -0.124. The van der Waals surface area contributed by atoms with Gasteiger partial charge in [0.05, 0.1) is 16.8 Å². The summed E-state index contributed by atoms with van der Waals surface area (Å²) in [5.41, 5.74) is 12.7. The van der Waals surface area contributed by atoms with Crippen LogP contribution in [0.3, 0.4) is 0 Å². The molecule has 0 unspecified atom stereocenters. The van der Waals surface area contributed by atoms with E-state index < -0.39 is 17.8 Å². The first-order valence-electron chi connectivity index (χ1n) is 7.54. The standard InChI is InChI=1S/C16H18FN5O2/c1-20-15(23)13-5-9(18)7-22(13)16(24)11-6-21-12-3-2-8(17)4-10(12)14(11)19/h2-4,6,9,13H,5,7,18H2,1H3,(H2,19,21)(H,20,23)/t9-,13-/m0/s1. The van der Waals surface area contributed by atoms with Crippen LogP contribution in [0, 0.1) is 5.82 Å². The number of nitrogens with two attached hydrogens (primary N) is 2. The Morgan fingerprint density at radius 3 is 2.88 bits per heavy atom. The van der Waals surface area contributed by atoms with E-state index in [4.69, 9.17) is 11.5 Å². The Bertz CT molecular complexity index is 825. The maximum absolute atomic E-state index is 13.5. The van der Waals surface area contributed by atoms with Crippen LogP contribution in [-0.4, -0.2) is 47.4 Å². The van der Waals surface area contributed by atoms with Crippen LogP contribution in [0.4, 0.5) is 10.1 Å². The van der Waals surface area contributed by atoms with Crippen LogP contribution in [0.25, 0.3) is 10.9 Å². The molecule has 126 valence electrons. The monoisotopic (exact) mass is 331 g/mol. The van der Waals surface area contributed by atoms with Gasteiger partial charge in [-0.3, -0.25) is 14.6 Å². The molecule has 1 aromatic carbocycles. The summed E-state index contributed by atoms with van der Waals surface area (Å²) in [6.07, 6.45) is 1.73. The van der Waals surface area contributed by atoms with Crippen molar-refractivity contribution in [3.8, 4) is 0 Å². The van der Waals surface area contributed by atoms with Gasteiger partial charge in [0.1, 0.15) is 11.9 Å². The Hall–Kier alpha value is -2.74. The number of anilines is 1. The van der Waals surface area contributed by atoms with Crippen molar-refractivity contribution in [2.75, 3.05) is 19.3 Å². The summed E-state index contributed by atoms with van der Waals surface area (Å²) in [4.78, 5) is 30.4. The average molecular weight is 331 g/mol. The molecule has 2 heterocycles. The van der Waals surface area contributed by atoms with Gasteiger partial charge in [-0.1, -0.05) is 0 Å². The van der Waals surface area contributed by atoms with Crippen LogP contribution in [-0.2, 0) is 4.79 Å². The maximum atomic E-state index is 13.5. The minimum absolute atomic E-state index is 0.135. The van der Waals surface area contributed by atoms with Gasteiger partial charge in [-0.15, -0.1) is 0 Å². The number of nitrogens with zero attached hydrogens (tertiary/aromatic N) is 2. The van der Waals surface area contributed by atoms with E-state index in [0.717, 1.165) is 0 Å². The van der Waals surface area contributed by atoms with Crippen molar-refractivity contribution in [2.45, 2.75) is 18.5 Å². The Morgan fingerprint density at radius 2 is 2.17 bits per heavy atom. The van der Waals surface area contributed by atoms with E-state index in [2.05, 4.69) is 10.3 Å². The molecule has 0 radical (unpaired) electrons. The van der Waals surface area contributed by atoms with Crippen LogP contribution < -0.4 is 16.8 Å². The summed E-state index contributed by atoms with van der Waals surface area (Å²) in [7, 11) is 1.50. The molecule has 24 heavy (non-hydrogen) atoms. The SMILES string of the molecule is CNC(=O)[C@@H]1C[C@H](N)CN1C(=O)c1cnc2ccc(F)cc2c1N. The summed E-state index contributed by atoms with van der Waals surface area (Å²) in [5, 5.41) is 2.89. The predicted molar refractivity (Wildman–Crippen MR) is 87.6 cm³/mol. The highest BCUT2D eigenvalue weighted by atomic mass is 19.1. The summed E-state index contributed by atoms with van der Waals surface area (Å²) < 4.78 is 13.5. The Morgan fingerprint density at radius 1 is 1.42 bits per heavy atom. The number of pyridine rings is 1. The molecule has 0 spiro atoms. The molecule has 5 N–H and O–H groups in total. The van der Waals surface area contributed by atoms with Crippen molar-refractivity contribution in [3.05, 3.63) is 35.8 Å². The number of likely N-dealkylation sites (N-methyl/N-ethyl adjacent to an activating group) is 1. The molecular formula is C16H18FN5O2. The van der Waals surface area contributed by atoms with Crippen molar-refractivity contribution in [3.63, 3.8) is 0 Å². The van der Waals surface area contributed by atoms with E-state index in [-0.39, 0.29) is 29.7 Å². The number of carbonyl (C=O) groups excluding carboxylic acids is 2. The molecule has 1 aliphatic rings. The van der Waals surface area contributed by atoms with Crippen molar-refractivity contribution < 1.29 is 14.0 Å². The van der Waals surface area contributed by atoms with Crippen molar-refractivity contribution in [1.82, 2.24) is 15.2 Å². The normalized spacial score (nSPS) is 20.4. The predicted octanol–water partition coefficient (Wildman–Crippen LogP) is 0.244. The molecule has 2 atom stereocenters. The summed E-state index contributed by atoms with van der Waals surface area (Å²) in [6, 6.07) is 3.06. The van der Waals surface area contributed by atoms with E-state index in [1.54, 1.807) is 0 Å². The fourth-order valence-corrected chi connectivity index (χ4v) is 3.02. The number of nitrogen functional groups attached to an aromatic ring is 1. The van der Waals surface area contributed by atoms with Crippen LogP contribution in [0.2, 0.25) is 0 Å². The van der Waals surface area contributed by atoms with E-state index >= 15 is 0 Å². The second kappa shape index (κ2) is 6.04. The number of hydrogen-bond acceptors (Lipinski definition) is 5. The second-order valence-corrected chi connectivity index (χ2v) is 5.83. The molecule has 8 heteroatoms. The van der Waals surface area contributed by atoms with E-state index in [0.29, 0.717) is 17.3 Å². The molecule has 1 aromatic heterocycles. The topological polar surface area (TPSA) is 114 Å². The molecule has 1 saturated heterocycles. The van der Waals surface area contributed by atoms with Gasteiger partial charge >= 0.3 is 0 Å². The quantitative estimate of drug-likeness (QED) is 0.729. The van der Waals surface area contributed by atoms with Gasteiger partial charge in [0.15, 0.2) is 0 Å². The first-order valence-corrected chi connectivity index (χ1v) is 7.54. The van der Waals surface area contributed by atoms with Gasteiger partial charge < -0.3 is 21.7 Å². The smallest absolute Gasteiger partial charge is 0.258 e. The first-order chi connectivity index (χ1) is 11.4. The Labute approximate surface area is 137 Å². The Kier molecular flexibility index (Phi) is 4.06. The third kappa shape index (κ3) is 2.65. The highest BCUT2D eigenvalue weighted by Gasteiger charge is 2.38. The Balaban J connectivity index is 2.02. The zero-order valence-corrected chi connectivity index (χ0v) is 13.1. The third-order valence-corrected chi connectivity index (χ3v) is 4.25. The van der Waals surface area contributed by atoms with Gasteiger partial charge in [-0.25, -0.2) is 4.39 Å². The number of likely N-dealkylation sites (tertiary alicyclic amines) is 1. The number of halogens is 1. The lowest BCUT2D eigenvalue weighted by Crippen LogP contribution is -2.45. The molecular weight excluding hydrogens is 313 g/mol. The van der Waals surface area contributed by atoms with E-state index in [1.165, 1.54) is 36.3 Å². The largest absolute Gasteiger partial charge is 0.397 e. The minimum Gasteiger partial charge on any atom is -0.397 e. The highest BCUT2D eigenvalue weighted by molar-refractivity contribution is 6.07. The van der Waals surface area contributed by atoms with Crippen molar-refractivity contribution in [2.24, 2.45) is 5.73 Å². The number of hydrogen-bond donors (Lipinski definition) is 3. The lowest BCUT2D eigenvalue weighted by Gasteiger charge is -2.24. The summed E-state index contributed by atoms with van der Waals surface area (Å²) in [5.74, 6) is -1.19. The van der Waals surface area contributed by atoms with E-state index in [1.807, 2.05) is 0 Å². The number of nitrogens with one attached hydrogen (secondary N) is 1. The summed E-state index contributed by atoms with van der Waals surface area (Å²) in [6.45, 7) is 0.248. The molecule has 2 amide bonds. The fraction of sp³-hybridized carbons (Fsp3) is 0.312. The van der Waals surface area contributed by atoms with Crippen molar-refractivity contribution >= 4 is 28.4 Å². The lowest BCUT2D eigenvalue weighted by atomic mass is 10.1. The van der Waals surface area contributed by atoms with Gasteiger partial charge in [0.25, 0.3) is 5.91 Å². The maximum Gasteiger partial charge on any atom is 0.258 e. The van der Waals surface area contributed by atoms with Gasteiger partial charge in [0, 0.05) is 31.2 Å². The number of aromatic nitrogens is 1. The van der Waals surface area contributed by atoms with Crippen LogP contribution >= 0.6 is 0 Å². The number of amides is 2. The van der Waals surface area contributed by atoms with Gasteiger partial charge in [-0.2, -0.15) is 0 Å².